The van der Waals surface area contributed by atoms with Crippen LogP contribution in [0.2, 0.25) is 0 Å². The van der Waals surface area contributed by atoms with Gasteiger partial charge in [-0.1, -0.05) is 6.07 Å². The summed E-state index contributed by atoms with van der Waals surface area (Å²) in [7, 11) is 0. The Bertz CT molecular complexity index is 571. The third-order valence-corrected chi connectivity index (χ3v) is 3.50. The molecule has 1 atom stereocenters. The summed E-state index contributed by atoms with van der Waals surface area (Å²) in [6.07, 6.45) is 2.16. The van der Waals surface area contributed by atoms with Gasteiger partial charge >= 0.3 is 0 Å². The van der Waals surface area contributed by atoms with Crippen molar-refractivity contribution in [2.75, 3.05) is 0 Å². The van der Waals surface area contributed by atoms with Gasteiger partial charge in [0.15, 0.2) is 11.6 Å². The lowest BCUT2D eigenvalue weighted by Crippen LogP contribution is -2.10. The number of rotatable bonds is 3. The second-order valence-electron chi connectivity index (χ2n) is 3.74. The molecule has 0 fully saturated rings. The first-order valence-electron chi connectivity index (χ1n) is 5.38. The standard InChI is InChI=1S/C12H11BrF2N2O/c1-2-17-6-5-16-12(17)11(18)7-3-4-8(14)10(15)9(7)13/h3-6,11,18H,2H2,1H3. The summed E-state index contributed by atoms with van der Waals surface area (Å²) in [5.41, 5.74) is 0.245. The van der Waals surface area contributed by atoms with Gasteiger partial charge in [0, 0.05) is 24.5 Å². The molecule has 0 spiro atoms. The summed E-state index contributed by atoms with van der Waals surface area (Å²) in [4.78, 5) is 4.03. The van der Waals surface area contributed by atoms with Gasteiger partial charge in [-0.25, -0.2) is 13.8 Å². The average Bonchev–Trinajstić information content (AvgIpc) is 2.83. The molecule has 1 aromatic heterocycles. The molecule has 0 bridgehead atoms. The predicted molar refractivity (Wildman–Crippen MR) is 66.0 cm³/mol. The fourth-order valence-corrected chi connectivity index (χ4v) is 2.27. The van der Waals surface area contributed by atoms with E-state index in [0.29, 0.717) is 12.4 Å². The molecule has 96 valence electrons. The Morgan fingerprint density at radius 1 is 1.44 bits per heavy atom. The highest BCUT2D eigenvalue weighted by molar-refractivity contribution is 9.10. The number of imidazole rings is 1. The molecule has 2 rings (SSSR count). The molecule has 18 heavy (non-hydrogen) atoms. The van der Waals surface area contributed by atoms with E-state index in [1.54, 1.807) is 17.0 Å². The van der Waals surface area contributed by atoms with E-state index in [-0.39, 0.29) is 10.0 Å². The Kier molecular flexibility index (Phi) is 3.77. The van der Waals surface area contributed by atoms with Crippen molar-refractivity contribution in [1.29, 1.82) is 0 Å². The number of hydrogen-bond donors (Lipinski definition) is 1. The first-order chi connectivity index (χ1) is 8.56. The predicted octanol–water partition coefficient (Wildman–Crippen LogP) is 3.03. The Hall–Kier alpha value is -1.27. The molecule has 0 saturated heterocycles. The fraction of sp³-hybridized carbons (Fsp3) is 0.250. The Labute approximate surface area is 111 Å². The molecule has 0 saturated carbocycles. The van der Waals surface area contributed by atoms with Crippen LogP contribution in [0.4, 0.5) is 8.78 Å². The van der Waals surface area contributed by atoms with Crippen LogP contribution in [0.25, 0.3) is 0 Å². The van der Waals surface area contributed by atoms with Gasteiger partial charge in [-0.3, -0.25) is 0 Å². The van der Waals surface area contributed by atoms with Crippen molar-refractivity contribution in [3.05, 3.63) is 52.0 Å². The van der Waals surface area contributed by atoms with Gasteiger partial charge in [0.2, 0.25) is 0 Å². The van der Waals surface area contributed by atoms with Crippen molar-refractivity contribution in [1.82, 2.24) is 9.55 Å². The van der Waals surface area contributed by atoms with Crippen molar-refractivity contribution >= 4 is 15.9 Å². The van der Waals surface area contributed by atoms with Crippen LogP contribution in [0.1, 0.15) is 24.4 Å². The largest absolute Gasteiger partial charge is 0.380 e. The monoisotopic (exact) mass is 316 g/mol. The van der Waals surface area contributed by atoms with Gasteiger partial charge in [0.1, 0.15) is 11.9 Å². The summed E-state index contributed by atoms with van der Waals surface area (Å²) in [5.74, 6) is -1.58. The van der Waals surface area contributed by atoms with Crippen molar-refractivity contribution in [2.24, 2.45) is 0 Å². The number of aliphatic hydroxyl groups is 1. The van der Waals surface area contributed by atoms with Gasteiger partial charge < -0.3 is 9.67 Å². The van der Waals surface area contributed by atoms with Crippen LogP contribution >= 0.6 is 15.9 Å². The first-order valence-corrected chi connectivity index (χ1v) is 6.18. The summed E-state index contributed by atoms with van der Waals surface area (Å²) in [6, 6.07) is 2.32. The lowest BCUT2D eigenvalue weighted by atomic mass is 10.1. The van der Waals surface area contributed by atoms with Crippen molar-refractivity contribution in [3.8, 4) is 0 Å². The molecular weight excluding hydrogens is 306 g/mol. The molecule has 1 aromatic carbocycles. The molecule has 1 N–H and O–H groups in total. The molecule has 0 aliphatic carbocycles. The van der Waals surface area contributed by atoms with E-state index in [9.17, 15) is 13.9 Å². The zero-order valence-electron chi connectivity index (χ0n) is 9.57. The summed E-state index contributed by atoms with van der Waals surface area (Å²) in [5, 5.41) is 10.2. The highest BCUT2D eigenvalue weighted by Gasteiger charge is 2.21. The second kappa shape index (κ2) is 5.16. The molecule has 1 heterocycles. The quantitative estimate of drug-likeness (QED) is 0.884. The third-order valence-electron chi connectivity index (χ3n) is 2.69. The van der Waals surface area contributed by atoms with E-state index in [1.807, 2.05) is 6.92 Å². The third kappa shape index (κ3) is 2.18. The maximum Gasteiger partial charge on any atom is 0.173 e. The average molecular weight is 317 g/mol. The number of aryl methyl sites for hydroxylation is 1. The van der Waals surface area contributed by atoms with Gasteiger partial charge in [0.25, 0.3) is 0 Å². The van der Waals surface area contributed by atoms with E-state index in [4.69, 9.17) is 0 Å². The van der Waals surface area contributed by atoms with Crippen molar-refractivity contribution in [3.63, 3.8) is 0 Å². The number of hydrogen-bond acceptors (Lipinski definition) is 2. The minimum Gasteiger partial charge on any atom is -0.380 e. The Morgan fingerprint density at radius 3 is 2.83 bits per heavy atom. The number of aliphatic hydroxyl groups excluding tert-OH is 1. The number of aromatic nitrogens is 2. The highest BCUT2D eigenvalue weighted by Crippen LogP contribution is 2.30. The fourth-order valence-electron chi connectivity index (χ4n) is 1.73. The molecule has 3 nitrogen and oxygen atoms in total. The maximum absolute atomic E-state index is 13.4. The van der Waals surface area contributed by atoms with Crippen molar-refractivity contribution < 1.29 is 13.9 Å². The molecule has 0 amide bonds. The second-order valence-corrected chi connectivity index (χ2v) is 4.53. The van der Waals surface area contributed by atoms with Crippen LogP contribution in [0.15, 0.2) is 29.0 Å². The summed E-state index contributed by atoms with van der Waals surface area (Å²) >= 11 is 2.95. The van der Waals surface area contributed by atoms with Gasteiger partial charge in [0.05, 0.1) is 4.47 Å². The lowest BCUT2D eigenvalue weighted by molar-refractivity contribution is 0.203. The number of benzene rings is 1. The van der Waals surface area contributed by atoms with Crippen molar-refractivity contribution in [2.45, 2.75) is 19.6 Å². The minimum atomic E-state index is -1.11. The van der Waals surface area contributed by atoms with Gasteiger partial charge in [-0.15, -0.1) is 0 Å². The van der Waals surface area contributed by atoms with E-state index >= 15 is 0 Å². The SMILES string of the molecule is CCn1ccnc1C(O)c1ccc(F)c(F)c1Br. The Morgan fingerprint density at radius 2 is 2.17 bits per heavy atom. The van der Waals surface area contributed by atoms with Crippen LogP contribution < -0.4 is 0 Å². The van der Waals surface area contributed by atoms with Gasteiger partial charge in [-0.2, -0.15) is 0 Å². The number of nitrogens with zero attached hydrogens (tertiary/aromatic N) is 2. The smallest absolute Gasteiger partial charge is 0.173 e. The minimum absolute atomic E-state index is 0.0827. The zero-order chi connectivity index (χ0) is 13.3. The maximum atomic E-state index is 13.4. The van der Waals surface area contributed by atoms with Gasteiger partial charge in [-0.05, 0) is 28.9 Å². The molecule has 0 aliphatic heterocycles. The van der Waals surface area contributed by atoms with Crippen LogP contribution in [0, 0.1) is 11.6 Å². The molecule has 0 aliphatic rings. The van der Waals surface area contributed by atoms with Crippen LogP contribution in [-0.4, -0.2) is 14.7 Å². The lowest BCUT2D eigenvalue weighted by Gasteiger charge is -2.14. The summed E-state index contributed by atoms with van der Waals surface area (Å²) in [6.45, 7) is 2.53. The van der Waals surface area contributed by atoms with Crippen LogP contribution in [0.3, 0.4) is 0 Å². The number of halogens is 3. The molecule has 0 radical (unpaired) electrons. The van der Waals surface area contributed by atoms with Crippen LogP contribution in [0.5, 0.6) is 0 Å². The van der Waals surface area contributed by atoms with E-state index in [0.717, 1.165) is 6.07 Å². The topological polar surface area (TPSA) is 38.0 Å². The molecule has 1 unspecified atom stereocenters. The zero-order valence-corrected chi connectivity index (χ0v) is 11.2. The van der Waals surface area contributed by atoms with E-state index < -0.39 is 17.7 Å². The van der Waals surface area contributed by atoms with Crippen LogP contribution in [-0.2, 0) is 6.54 Å². The molecule has 6 heteroatoms. The Balaban J connectivity index is 2.46. The first kappa shape index (κ1) is 13.2. The molecular formula is C12H11BrF2N2O. The highest BCUT2D eigenvalue weighted by atomic mass is 79.9. The van der Waals surface area contributed by atoms with E-state index in [2.05, 4.69) is 20.9 Å². The normalized spacial score (nSPS) is 12.7. The molecule has 2 aromatic rings. The van der Waals surface area contributed by atoms with E-state index in [1.165, 1.54) is 6.07 Å². The summed E-state index contributed by atoms with van der Waals surface area (Å²) < 4.78 is 28.1.